The van der Waals surface area contributed by atoms with Gasteiger partial charge in [-0.3, -0.25) is 14.4 Å². The molecule has 0 N–H and O–H groups in total. The highest BCUT2D eigenvalue weighted by Crippen LogP contribution is 2.15. The summed E-state index contributed by atoms with van der Waals surface area (Å²) in [6.07, 6.45) is 83.5. The first-order chi connectivity index (χ1) is 36.0. The molecule has 0 aromatic heterocycles. The van der Waals surface area contributed by atoms with Crippen LogP contribution >= 0.6 is 0 Å². The van der Waals surface area contributed by atoms with Crippen LogP contribution in [0.15, 0.2) is 122 Å². The third-order valence-corrected chi connectivity index (χ3v) is 12.5. The van der Waals surface area contributed by atoms with Gasteiger partial charge in [0.2, 0.25) is 0 Å². The van der Waals surface area contributed by atoms with Crippen molar-refractivity contribution in [2.24, 2.45) is 0 Å². The lowest BCUT2D eigenvalue weighted by Crippen LogP contribution is -2.30. The van der Waals surface area contributed by atoms with E-state index >= 15 is 0 Å². The average Bonchev–Trinajstić information content (AvgIpc) is 3.39. The van der Waals surface area contributed by atoms with Crippen LogP contribution < -0.4 is 0 Å². The Kier molecular flexibility index (Phi) is 56.9. The highest BCUT2D eigenvalue weighted by atomic mass is 16.6. The lowest BCUT2D eigenvalue weighted by atomic mass is 10.1. The molecule has 6 heteroatoms. The highest BCUT2D eigenvalue weighted by molar-refractivity contribution is 5.71. The molecule has 1 unspecified atom stereocenters. The van der Waals surface area contributed by atoms with E-state index < -0.39 is 6.10 Å². The Morgan fingerprint density at radius 2 is 0.534 bits per heavy atom. The van der Waals surface area contributed by atoms with Crippen LogP contribution in [0, 0.1) is 0 Å². The van der Waals surface area contributed by atoms with E-state index in [0.29, 0.717) is 19.3 Å². The van der Waals surface area contributed by atoms with Crippen LogP contribution in [-0.4, -0.2) is 37.2 Å². The molecule has 0 aliphatic carbocycles. The fraction of sp³-hybridized carbons (Fsp3) is 0.657. The Morgan fingerprint density at radius 3 is 0.836 bits per heavy atom. The van der Waals surface area contributed by atoms with Crippen molar-refractivity contribution in [1.29, 1.82) is 0 Å². The standard InChI is InChI=1S/C67H110O6/c1-4-7-10-13-16-18-20-22-24-26-28-30-32-33-35-36-38-40-42-44-46-48-51-54-57-60-66(69)72-63-64(62-71-65(68)59-56-53-50-15-12-9-6-3)73-67(70)61-58-55-52-49-47-45-43-41-39-37-34-31-29-27-25-23-21-19-17-14-11-8-5-2/h7-8,10-11,16-19,22-25,28-31,33,35,37,39,64H,4-6,9,12-15,20-21,26-27,32,34,36,38,40-63H2,1-3H3/b10-7-,11-8-,18-16-,19-17-,24-22-,25-23-,30-28-,31-29-,35-33-,39-37-. The molecule has 0 aromatic carbocycles. The Bertz CT molecular complexity index is 1540. The van der Waals surface area contributed by atoms with Gasteiger partial charge < -0.3 is 14.2 Å². The summed E-state index contributed by atoms with van der Waals surface area (Å²) in [5.74, 6) is -0.910. The third kappa shape index (κ3) is 58.6. The van der Waals surface area contributed by atoms with Crippen molar-refractivity contribution in [2.45, 2.75) is 271 Å². The quantitative estimate of drug-likeness (QED) is 0.0261. The van der Waals surface area contributed by atoms with Crippen molar-refractivity contribution in [3.63, 3.8) is 0 Å². The third-order valence-electron chi connectivity index (χ3n) is 12.5. The topological polar surface area (TPSA) is 78.9 Å². The molecule has 0 amide bonds. The molecule has 0 heterocycles. The number of ether oxygens (including phenoxy) is 3. The van der Waals surface area contributed by atoms with Gasteiger partial charge in [-0.15, -0.1) is 0 Å². The second-order valence-corrected chi connectivity index (χ2v) is 19.5. The fourth-order valence-electron chi connectivity index (χ4n) is 8.03. The van der Waals surface area contributed by atoms with Crippen molar-refractivity contribution in [1.82, 2.24) is 0 Å². The molecular weight excluding hydrogens is 901 g/mol. The van der Waals surface area contributed by atoms with Gasteiger partial charge >= 0.3 is 17.9 Å². The molecule has 0 saturated heterocycles. The number of carbonyl (C=O) groups excluding carboxylic acids is 3. The number of hydrogen-bond acceptors (Lipinski definition) is 6. The van der Waals surface area contributed by atoms with Gasteiger partial charge in [0.05, 0.1) is 0 Å². The lowest BCUT2D eigenvalue weighted by Gasteiger charge is -2.18. The maximum Gasteiger partial charge on any atom is 0.306 e. The second-order valence-electron chi connectivity index (χ2n) is 19.5. The molecule has 73 heavy (non-hydrogen) atoms. The van der Waals surface area contributed by atoms with E-state index in [0.717, 1.165) is 135 Å². The van der Waals surface area contributed by atoms with E-state index in [1.54, 1.807) is 0 Å². The first kappa shape index (κ1) is 68.8. The predicted molar refractivity (Wildman–Crippen MR) is 316 cm³/mol. The number of rotatable bonds is 53. The van der Waals surface area contributed by atoms with E-state index in [1.807, 2.05) is 0 Å². The summed E-state index contributed by atoms with van der Waals surface area (Å²) < 4.78 is 16.8. The molecule has 0 aliphatic heterocycles. The number of unbranched alkanes of at least 4 members (excludes halogenated alkanes) is 22. The minimum Gasteiger partial charge on any atom is -0.462 e. The van der Waals surface area contributed by atoms with Crippen molar-refractivity contribution < 1.29 is 28.6 Å². The van der Waals surface area contributed by atoms with Crippen molar-refractivity contribution in [2.75, 3.05) is 13.2 Å². The van der Waals surface area contributed by atoms with E-state index in [1.165, 1.54) is 89.9 Å². The molecule has 1 atom stereocenters. The van der Waals surface area contributed by atoms with Crippen molar-refractivity contribution >= 4 is 17.9 Å². The first-order valence-electron chi connectivity index (χ1n) is 30.0. The molecule has 0 fully saturated rings. The van der Waals surface area contributed by atoms with Crippen LogP contribution in [0.5, 0.6) is 0 Å². The van der Waals surface area contributed by atoms with Crippen LogP contribution in [0.4, 0.5) is 0 Å². The van der Waals surface area contributed by atoms with Gasteiger partial charge in [-0.25, -0.2) is 0 Å². The first-order valence-corrected chi connectivity index (χ1v) is 30.0. The normalized spacial score (nSPS) is 13.0. The molecule has 0 aliphatic rings. The van der Waals surface area contributed by atoms with Crippen LogP contribution in [-0.2, 0) is 28.6 Å². The van der Waals surface area contributed by atoms with Gasteiger partial charge in [0, 0.05) is 19.3 Å². The molecule has 0 aromatic rings. The van der Waals surface area contributed by atoms with Crippen LogP contribution in [0.3, 0.4) is 0 Å². The molecule has 0 radical (unpaired) electrons. The van der Waals surface area contributed by atoms with E-state index in [-0.39, 0.29) is 31.1 Å². The zero-order chi connectivity index (χ0) is 52.9. The zero-order valence-electron chi connectivity index (χ0n) is 47.4. The summed E-state index contributed by atoms with van der Waals surface area (Å²) in [5.41, 5.74) is 0. The molecule has 0 rings (SSSR count). The number of carbonyl (C=O) groups is 3. The van der Waals surface area contributed by atoms with Crippen molar-refractivity contribution in [3.05, 3.63) is 122 Å². The van der Waals surface area contributed by atoms with Crippen LogP contribution in [0.2, 0.25) is 0 Å². The number of esters is 3. The Labute approximate surface area is 450 Å². The van der Waals surface area contributed by atoms with Gasteiger partial charge in [0.15, 0.2) is 6.10 Å². The van der Waals surface area contributed by atoms with Crippen LogP contribution in [0.25, 0.3) is 0 Å². The number of allylic oxidation sites excluding steroid dienone is 20. The summed E-state index contributed by atoms with van der Waals surface area (Å²) in [6, 6.07) is 0. The molecule has 0 saturated carbocycles. The van der Waals surface area contributed by atoms with E-state index in [9.17, 15) is 14.4 Å². The summed E-state index contributed by atoms with van der Waals surface area (Å²) in [5, 5.41) is 0. The molecule has 414 valence electrons. The Morgan fingerprint density at radius 1 is 0.288 bits per heavy atom. The van der Waals surface area contributed by atoms with Crippen LogP contribution in [0.1, 0.15) is 265 Å². The number of hydrogen-bond donors (Lipinski definition) is 0. The Balaban J connectivity index is 4.23. The Hall–Kier alpha value is -4.19. The monoisotopic (exact) mass is 1010 g/mol. The maximum atomic E-state index is 12.8. The van der Waals surface area contributed by atoms with Gasteiger partial charge in [-0.2, -0.15) is 0 Å². The average molecular weight is 1010 g/mol. The molecule has 0 bridgehead atoms. The zero-order valence-corrected chi connectivity index (χ0v) is 47.4. The van der Waals surface area contributed by atoms with Gasteiger partial charge in [-0.1, -0.05) is 258 Å². The highest BCUT2D eigenvalue weighted by Gasteiger charge is 2.19. The molecule has 6 nitrogen and oxygen atoms in total. The minimum atomic E-state index is -0.787. The lowest BCUT2D eigenvalue weighted by molar-refractivity contribution is -0.167. The fourth-order valence-corrected chi connectivity index (χ4v) is 8.03. The predicted octanol–water partition coefficient (Wildman–Crippen LogP) is 20.4. The summed E-state index contributed by atoms with van der Waals surface area (Å²) >= 11 is 0. The van der Waals surface area contributed by atoms with Gasteiger partial charge in [0.25, 0.3) is 0 Å². The second kappa shape index (κ2) is 60.4. The molecular formula is C67H110O6. The summed E-state index contributed by atoms with van der Waals surface area (Å²) in [4.78, 5) is 38.0. The minimum absolute atomic E-state index is 0.0860. The van der Waals surface area contributed by atoms with E-state index in [2.05, 4.69) is 142 Å². The largest absolute Gasteiger partial charge is 0.462 e. The summed E-state index contributed by atoms with van der Waals surface area (Å²) in [7, 11) is 0. The van der Waals surface area contributed by atoms with Crippen molar-refractivity contribution in [3.8, 4) is 0 Å². The smallest absolute Gasteiger partial charge is 0.306 e. The van der Waals surface area contributed by atoms with Gasteiger partial charge in [0.1, 0.15) is 13.2 Å². The summed E-state index contributed by atoms with van der Waals surface area (Å²) in [6.45, 7) is 6.36. The SMILES string of the molecule is CC/C=C\C/C=C\C/C=C\C/C=C\C/C=C\CCCCCCCCCCCC(=O)OCC(COC(=O)CCCCCCCCC)OC(=O)CCCCCCCCC/C=C\C/C=C\C/C=C\C/C=C\C/C=C\CC. The van der Waals surface area contributed by atoms with Gasteiger partial charge in [-0.05, 0) is 109 Å². The maximum absolute atomic E-state index is 12.8. The van der Waals surface area contributed by atoms with E-state index in [4.69, 9.17) is 14.2 Å². The molecule has 0 spiro atoms.